The van der Waals surface area contributed by atoms with E-state index >= 15 is 0 Å². The van der Waals surface area contributed by atoms with E-state index in [1.807, 2.05) is 6.07 Å². The average molecular weight is 316 g/mol. The highest BCUT2D eigenvalue weighted by Gasteiger charge is 2.09. The van der Waals surface area contributed by atoms with Crippen LogP contribution in [0.2, 0.25) is 0 Å². The lowest BCUT2D eigenvalue weighted by atomic mass is 10.1. The number of hydrogen-bond acceptors (Lipinski definition) is 3. The summed E-state index contributed by atoms with van der Waals surface area (Å²) in [6, 6.07) is 13.4. The van der Waals surface area contributed by atoms with Crippen molar-refractivity contribution >= 4 is 28.3 Å². The van der Waals surface area contributed by atoms with Crippen LogP contribution in [0.15, 0.2) is 48.5 Å². The van der Waals surface area contributed by atoms with Gasteiger partial charge in [0, 0.05) is 39.6 Å². The maximum absolute atomic E-state index is 12.2. The van der Waals surface area contributed by atoms with Crippen LogP contribution in [0, 0.1) is 0 Å². The Morgan fingerprint density at radius 2 is 1.77 bits per heavy atom. The molecule has 3 N–H and O–H groups in total. The molecule has 1 unspecified atom stereocenters. The van der Waals surface area contributed by atoms with Gasteiger partial charge in [-0.3, -0.25) is 13.8 Å². The summed E-state index contributed by atoms with van der Waals surface area (Å²) in [6.45, 7) is 0. The number of benzene rings is 2. The lowest BCUT2D eigenvalue weighted by Crippen LogP contribution is -2.14. The maximum atomic E-state index is 12.2. The van der Waals surface area contributed by atoms with Crippen molar-refractivity contribution in [3.63, 3.8) is 0 Å². The zero-order valence-electron chi connectivity index (χ0n) is 12.0. The third-order valence-corrected chi connectivity index (χ3v) is 3.70. The van der Waals surface area contributed by atoms with Crippen molar-refractivity contribution in [3.8, 4) is 0 Å². The second-order valence-corrected chi connectivity index (χ2v) is 6.25. The summed E-state index contributed by atoms with van der Waals surface area (Å²) in [5.74, 6) is -0.452. The zero-order chi connectivity index (χ0) is 16.1. The van der Waals surface area contributed by atoms with E-state index in [1.54, 1.807) is 42.7 Å². The summed E-state index contributed by atoms with van der Waals surface area (Å²) in [7, 11) is -0.967. The van der Waals surface area contributed by atoms with Crippen LogP contribution in [0.4, 0.5) is 5.69 Å². The summed E-state index contributed by atoms with van der Waals surface area (Å²) in [5.41, 5.74) is 7.33. The molecule has 0 bridgehead atoms. The lowest BCUT2D eigenvalue weighted by Gasteiger charge is -2.07. The van der Waals surface area contributed by atoms with Crippen molar-refractivity contribution in [2.45, 2.75) is 5.75 Å². The molecule has 5 nitrogen and oxygen atoms in total. The molecule has 0 radical (unpaired) electrons. The van der Waals surface area contributed by atoms with Crippen molar-refractivity contribution in [1.29, 1.82) is 0 Å². The fraction of sp³-hybridized carbons (Fsp3) is 0.125. The van der Waals surface area contributed by atoms with E-state index in [2.05, 4.69) is 5.32 Å². The predicted octanol–water partition coefficient (Wildman–Crippen LogP) is 1.92. The molecular formula is C16H16N2O3S. The van der Waals surface area contributed by atoms with Crippen LogP contribution in [-0.2, 0) is 16.6 Å². The molecule has 2 amide bonds. The molecule has 0 saturated heterocycles. The normalized spacial score (nSPS) is 11.7. The largest absolute Gasteiger partial charge is 0.366 e. The monoisotopic (exact) mass is 316 g/mol. The van der Waals surface area contributed by atoms with Crippen molar-refractivity contribution in [3.05, 3.63) is 65.2 Å². The molecule has 0 spiro atoms. The van der Waals surface area contributed by atoms with Crippen molar-refractivity contribution in [2.24, 2.45) is 5.73 Å². The minimum absolute atomic E-state index is 0.301. The molecule has 2 aromatic carbocycles. The number of anilines is 1. The summed E-state index contributed by atoms with van der Waals surface area (Å²) in [4.78, 5) is 23.4. The number of nitrogens with two attached hydrogens (primary N) is 1. The third-order valence-electron chi connectivity index (χ3n) is 2.96. The van der Waals surface area contributed by atoms with Gasteiger partial charge < -0.3 is 11.1 Å². The Balaban J connectivity index is 2.17. The van der Waals surface area contributed by atoms with Gasteiger partial charge in [-0.15, -0.1) is 0 Å². The predicted molar refractivity (Wildman–Crippen MR) is 87.1 cm³/mol. The number of hydrogen-bond donors (Lipinski definition) is 2. The second kappa shape index (κ2) is 7.00. The van der Waals surface area contributed by atoms with Crippen LogP contribution in [0.25, 0.3) is 0 Å². The van der Waals surface area contributed by atoms with Gasteiger partial charge in [0.2, 0.25) is 5.91 Å². The molecule has 0 aliphatic heterocycles. The van der Waals surface area contributed by atoms with E-state index in [0.29, 0.717) is 22.6 Å². The second-order valence-electron chi connectivity index (χ2n) is 4.82. The van der Waals surface area contributed by atoms with Gasteiger partial charge in [-0.1, -0.05) is 18.2 Å². The highest BCUT2D eigenvalue weighted by Crippen LogP contribution is 2.13. The number of primary amides is 1. The highest BCUT2D eigenvalue weighted by atomic mass is 32.2. The van der Waals surface area contributed by atoms with Crippen molar-refractivity contribution < 1.29 is 13.8 Å². The Labute approximate surface area is 131 Å². The number of carbonyl (C=O) groups excluding carboxylic acids is 2. The highest BCUT2D eigenvalue weighted by molar-refractivity contribution is 7.83. The van der Waals surface area contributed by atoms with Crippen LogP contribution in [-0.4, -0.2) is 22.3 Å². The summed E-state index contributed by atoms with van der Waals surface area (Å²) < 4.78 is 11.3. The van der Waals surface area contributed by atoms with Crippen molar-refractivity contribution in [1.82, 2.24) is 0 Å². The van der Waals surface area contributed by atoms with Gasteiger partial charge in [0.05, 0.1) is 0 Å². The first-order valence-corrected chi connectivity index (χ1v) is 8.28. The molecule has 0 heterocycles. The molecule has 2 aromatic rings. The van der Waals surface area contributed by atoms with Gasteiger partial charge in [0.25, 0.3) is 5.91 Å². The molecular weight excluding hydrogens is 300 g/mol. The minimum Gasteiger partial charge on any atom is -0.366 e. The van der Waals surface area contributed by atoms with Gasteiger partial charge in [0.15, 0.2) is 0 Å². The molecule has 22 heavy (non-hydrogen) atoms. The van der Waals surface area contributed by atoms with Gasteiger partial charge in [0.1, 0.15) is 0 Å². The van der Waals surface area contributed by atoms with E-state index in [4.69, 9.17) is 5.73 Å². The first kappa shape index (κ1) is 15.9. The summed E-state index contributed by atoms with van der Waals surface area (Å²) in [5, 5.41) is 2.71. The molecule has 0 aliphatic carbocycles. The number of nitrogens with one attached hydrogen (secondary N) is 1. The molecule has 6 heteroatoms. The Hall–Kier alpha value is -2.47. The van der Waals surface area contributed by atoms with Crippen LogP contribution in [0.3, 0.4) is 0 Å². The number of amides is 2. The van der Waals surface area contributed by atoms with Gasteiger partial charge in [-0.05, 0) is 35.9 Å². The van der Waals surface area contributed by atoms with Gasteiger partial charge in [-0.25, -0.2) is 0 Å². The topological polar surface area (TPSA) is 89.3 Å². The standard InChI is InChI=1S/C16H16N2O3S/c1-22(21)10-11-4-2-6-13(8-11)16(20)18-14-7-3-5-12(9-14)15(17)19/h2-9H,10H2,1H3,(H2,17,19)(H,18,20). The first-order chi connectivity index (χ1) is 10.5. The average Bonchev–Trinajstić information content (AvgIpc) is 2.47. The van der Waals surface area contributed by atoms with E-state index in [-0.39, 0.29) is 5.91 Å². The van der Waals surface area contributed by atoms with E-state index in [9.17, 15) is 13.8 Å². The molecule has 0 saturated carbocycles. The molecule has 0 fully saturated rings. The molecule has 0 aromatic heterocycles. The van der Waals surface area contributed by atoms with Crippen LogP contribution in [0.5, 0.6) is 0 Å². The van der Waals surface area contributed by atoms with E-state index in [1.165, 1.54) is 6.07 Å². The summed E-state index contributed by atoms with van der Waals surface area (Å²) >= 11 is 0. The molecule has 0 aliphatic rings. The zero-order valence-corrected chi connectivity index (χ0v) is 12.9. The Bertz CT molecular complexity index is 744. The number of carbonyl (C=O) groups is 2. The Morgan fingerprint density at radius 1 is 1.09 bits per heavy atom. The van der Waals surface area contributed by atoms with E-state index in [0.717, 1.165) is 5.56 Å². The van der Waals surface area contributed by atoms with Gasteiger partial charge >= 0.3 is 0 Å². The van der Waals surface area contributed by atoms with Crippen LogP contribution in [0.1, 0.15) is 26.3 Å². The fourth-order valence-electron chi connectivity index (χ4n) is 1.99. The summed E-state index contributed by atoms with van der Waals surface area (Å²) in [6.07, 6.45) is 1.61. The Morgan fingerprint density at radius 3 is 2.45 bits per heavy atom. The molecule has 1 atom stereocenters. The van der Waals surface area contributed by atoms with Gasteiger partial charge in [-0.2, -0.15) is 0 Å². The molecule has 2 rings (SSSR count). The third kappa shape index (κ3) is 4.26. The maximum Gasteiger partial charge on any atom is 0.255 e. The van der Waals surface area contributed by atoms with Crippen LogP contribution < -0.4 is 11.1 Å². The molecule has 114 valence electrons. The Kier molecular flexibility index (Phi) is 5.06. The fourth-order valence-corrected chi connectivity index (χ4v) is 2.64. The minimum atomic E-state index is -0.967. The lowest BCUT2D eigenvalue weighted by molar-refractivity contribution is 0.0996. The smallest absolute Gasteiger partial charge is 0.255 e. The van der Waals surface area contributed by atoms with Crippen LogP contribution >= 0.6 is 0 Å². The quantitative estimate of drug-likeness (QED) is 0.883. The SMILES string of the molecule is CS(=O)Cc1cccc(C(=O)Nc2cccc(C(N)=O)c2)c1. The van der Waals surface area contributed by atoms with Crippen molar-refractivity contribution in [2.75, 3.05) is 11.6 Å². The first-order valence-electron chi connectivity index (χ1n) is 6.56. The number of rotatable bonds is 5. The van der Waals surface area contributed by atoms with E-state index < -0.39 is 16.7 Å².